The van der Waals surface area contributed by atoms with Crippen LogP contribution in [0.15, 0.2) is 12.1 Å². The minimum Gasteiger partial charge on any atom is -0.380 e. The van der Waals surface area contributed by atoms with E-state index >= 15 is 0 Å². The van der Waals surface area contributed by atoms with Crippen LogP contribution < -0.4 is 5.32 Å². The van der Waals surface area contributed by atoms with Gasteiger partial charge in [0, 0.05) is 24.6 Å². The van der Waals surface area contributed by atoms with Gasteiger partial charge < -0.3 is 10.1 Å². The molecule has 1 rings (SSSR count). The molecule has 0 aromatic carbocycles. The number of nitrogens with one attached hydrogen (secondary N) is 1. The average Bonchev–Trinajstić information content (AvgIpc) is 2.83. The summed E-state index contributed by atoms with van der Waals surface area (Å²) < 4.78 is 6.60. The molecule has 19 heavy (non-hydrogen) atoms. The molecule has 110 valence electrons. The van der Waals surface area contributed by atoms with E-state index in [2.05, 4.69) is 25.2 Å². The molecule has 0 spiro atoms. The second-order valence-corrected chi connectivity index (χ2v) is 6.67. The summed E-state index contributed by atoms with van der Waals surface area (Å²) >= 11 is 7.51. The zero-order valence-corrected chi connectivity index (χ0v) is 13.7. The fourth-order valence-electron chi connectivity index (χ4n) is 1.95. The van der Waals surface area contributed by atoms with Gasteiger partial charge in [0.25, 0.3) is 0 Å². The molecule has 1 unspecified atom stereocenters. The Labute approximate surface area is 126 Å². The summed E-state index contributed by atoms with van der Waals surface area (Å²) in [5.41, 5.74) is 0. The number of ether oxygens (including phenoxy) is 1. The van der Waals surface area contributed by atoms with Gasteiger partial charge in [0.1, 0.15) is 0 Å². The van der Waals surface area contributed by atoms with Crippen LogP contribution in [0.25, 0.3) is 0 Å². The van der Waals surface area contributed by atoms with E-state index in [0.717, 1.165) is 36.6 Å². The Balaban J connectivity index is 1.98. The molecular weight excluding hydrogens is 278 g/mol. The van der Waals surface area contributed by atoms with Gasteiger partial charge in [-0.3, -0.25) is 0 Å². The van der Waals surface area contributed by atoms with Crippen molar-refractivity contribution in [3.63, 3.8) is 0 Å². The molecule has 1 atom stereocenters. The molecule has 0 aliphatic heterocycles. The number of rotatable bonds is 11. The normalized spacial score (nSPS) is 12.8. The Morgan fingerprint density at radius 3 is 2.84 bits per heavy atom. The van der Waals surface area contributed by atoms with Crippen molar-refractivity contribution in [3.8, 4) is 0 Å². The van der Waals surface area contributed by atoms with E-state index in [0.29, 0.717) is 0 Å². The van der Waals surface area contributed by atoms with Gasteiger partial charge in [0.15, 0.2) is 0 Å². The Kier molecular flexibility index (Phi) is 9.52. The number of hydrogen-bond acceptors (Lipinski definition) is 3. The van der Waals surface area contributed by atoms with Gasteiger partial charge in [0.2, 0.25) is 0 Å². The fraction of sp³-hybridized carbons (Fsp3) is 0.733. The number of thiophene rings is 1. The van der Waals surface area contributed by atoms with Crippen molar-refractivity contribution >= 4 is 22.9 Å². The molecule has 0 aliphatic rings. The maximum absolute atomic E-state index is 5.88. The lowest BCUT2D eigenvalue weighted by molar-refractivity contribution is 0.0956. The number of halogens is 1. The molecule has 1 aromatic rings. The molecule has 0 saturated heterocycles. The van der Waals surface area contributed by atoms with E-state index in [1.54, 1.807) is 11.3 Å². The van der Waals surface area contributed by atoms with Crippen molar-refractivity contribution in [2.24, 2.45) is 5.92 Å². The fourth-order valence-corrected chi connectivity index (χ4v) is 3.01. The zero-order chi connectivity index (χ0) is 13.9. The van der Waals surface area contributed by atoms with Crippen LogP contribution in [0.3, 0.4) is 0 Å². The van der Waals surface area contributed by atoms with Gasteiger partial charge in [-0.25, -0.2) is 0 Å². The van der Waals surface area contributed by atoms with Crippen LogP contribution in [0, 0.1) is 5.92 Å². The van der Waals surface area contributed by atoms with Crippen molar-refractivity contribution < 1.29 is 4.74 Å². The monoisotopic (exact) mass is 303 g/mol. The lowest BCUT2D eigenvalue weighted by Gasteiger charge is -2.14. The second kappa shape index (κ2) is 10.7. The lowest BCUT2D eigenvalue weighted by atomic mass is 10.0. The maximum Gasteiger partial charge on any atom is 0.0931 e. The van der Waals surface area contributed by atoms with Gasteiger partial charge in [-0.2, -0.15) is 0 Å². The van der Waals surface area contributed by atoms with Crippen LogP contribution in [0.4, 0.5) is 0 Å². The van der Waals surface area contributed by atoms with E-state index in [9.17, 15) is 0 Å². The van der Waals surface area contributed by atoms with Crippen molar-refractivity contribution in [2.75, 3.05) is 19.8 Å². The second-order valence-electron chi connectivity index (χ2n) is 4.87. The predicted molar refractivity (Wildman–Crippen MR) is 85.2 cm³/mol. The molecule has 4 heteroatoms. The molecule has 0 amide bonds. The Morgan fingerprint density at radius 1 is 1.37 bits per heavy atom. The third-order valence-corrected chi connectivity index (χ3v) is 4.48. The third-order valence-electron chi connectivity index (χ3n) is 3.25. The first kappa shape index (κ1) is 17.0. The van der Waals surface area contributed by atoms with Crippen LogP contribution in [0.5, 0.6) is 0 Å². The molecule has 0 saturated carbocycles. The van der Waals surface area contributed by atoms with Crippen LogP contribution in [0.2, 0.25) is 4.34 Å². The first-order valence-corrected chi connectivity index (χ1v) is 8.48. The highest BCUT2D eigenvalue weighted by atomic mass is 35.5. The molecule has 1 heterocycles. The van der Waals surface area contributed by atoms with Gasteiger partial charge >= 0.3 is 0 Å². The largest absolute Gasteiger partial charge is 0.380 e. The molecule has 0 fully saturated rings. The summed E-state index contributed by atoms with van der Waals surface area (Å²) in [5.74, 6) is 0.732. The first-order valence-electron chi connectivity index (χ1n) is 7.28. The molecule has 0 aliphatic carbocycles. The quantitative estimate of drug-likeness (QED) is 0.597. The smallest absolute Gasteiger partial charge is 0.0931 e. The van der Waals surface area contributed by atoms with Gasteiger partial charge in [0.05, 0.1) is 10.9 Å². The van der Waals surface area contributed by atoms with Gasteiger partial charge in [-0.05, 0) is 24.5 Å². The van der Waals surface area contributed by atoms with Crippen LogP contribution in [-0.4, -0.2) is 19.8 Å². The minimum absolute atomic E-state index is 0.732. The predicted octanol–water partition coefficient (Wildman–Crippen LogP) is 4.72. The van der Waals surface area contributed by atoms with Crippen molar-refractivity contribution in [1.82, 2.24) is 5.32 Å². The van der Waals surface area contributed by atoms with E-state index < -0.39 is 0 Å². The van der Waals surface area contributed by atoms with Crippen LogP contribution in [-0.2, 0) is 11.3 Å². The number of hydrogen-bond donors (Lipinski definition) is 1. The zero-order valence-electron chi connectivity index (χ0n) is 12.1. The van der Waals surface area contributed by atoms with Gasteiger partial charge in [-0.15, -0.1) is 11.3 Å². The molecule has 0 bridgehead atoms. The highest BCUT2D eigenvalue weighted by molar-refractivity contribution is 7.16. The number of unbranched alkanes of at least 4 members (excludes halogenated alkanes) is 1. The Morgan fingerprint density at radius 2 is 2.21 bits per heavy atom. The summed E-state index contributed by atoms with van der Waals surface area (Å²) in [4.78, 5) is 1.28. The SMILES string of the molecule is CCCCC(CC)COCCNCc1ccc(Cl)s1. The van der Waals surface area contributed by atoms with Crippen LogP contribution >= 0.6 is 22.9 Å². The Hall–Kier alpha value is -0.0900. The summed E-state index contributed by atoms with van der Waals surface area (Å²) in [5, 5.41) is 3.38. The van der Waals surface area contributed by atoms with E-state index in [-0.39, 0.29) is 0 Å². The van der Waals surface area contributed by atoms with E-state index in [1.807, 2.05) is 6.07 Å². The van der Waals surface area contributed by atoms with E-state index in [4.69, 9.17) is 16.3 Å². The third kappa shape index (κ3) is 7.93. The van der Waals surface area contributed by atoms with E-state index in [1.165, 1.54) is 30.6 Å². The molecule has 0 radical (unpaired) electrons. The molecule has 1 aromatic heterocycles. The lowest BCUT2D eigenvalue weighted by Crippen LogP contribution is -2.20. The topological polar surface area (TPSA) is 21.3 Å². The average molecular weight is 304 g/mol. The molecule has 2 nitrogen and oxygen atoms in total. The Bertz CT molecular complexity index is 330. The van der Waals surface area contributed by atoms with Crippen LogP contribution in [0.1, 0.15) is 44.4 Å². The standard InChI is InChI=1S/C15H26ClNOS/c1-3-5-6-13(4-2)12-18-10-9-17-11-14-7-8-15(16)19-14/h7-8,13,17H,3-6,9-12H2,1-2H3. The van der Waals surface area contributed by atoms with Gasteiger partial charge in [-0.1, -0.05) is 44.7 Å². The highest BCUT2D eigenvalue weighted by Gasteiger charge is 2.05. The summed E-state index contributed by atoms with van der Waals surface area (Å²) in [6.07, 6.45) is 5.12. The highest BCUT2D eigenvalue weighted by Crippen LogP contribution is 2.20. The molecule has 1 N–H and O–H groups in total. The van der Waals surface area contributed by atoms with Crippen molar-refractivity contribution in [3.05, 3.63) is 21.3 Å². The maximum atomic E-state index is 5.88. The molecular formula is C15H26ClNOS. The first-order chi connectivity index (χ1) is 9.26. The summed E-state index contributed by atoms with van der Waals surface area (Å²) in [6.45, 7) is 7.98. The van der Waals surface area contributed by atoms with Crippen molar-refractivity contribution in [2.45, 2.75) is 46.1 Å². The summed E-state index contributed by atoms with van der Waals surface area (Å²) in [7, 11) is 0. The minimum atomic E-state index is 0.732. The summed E-state index contributed by atoms with van der Waals surface area (Å²) in [6, 6.07) is 4.01. The van der Waals surface area contributed by atoms with Crippen molar-refractivity contribution in [1.29, 1.82) is 0 Å².